The van der Waals surface area contributed by atoms with Crippen LogP contribution in [0.5, 0.6) is 0 Å². The molecule has 1 amide bonds. The van der Waals surface area contributed by atoms with Gasteiger partial charge >= 0.3 is 6.09 Å². The van der Waals surface area contributed by atoms with E-state index >= 15 is 0 Å². The van der Waals surface area contributed by atoms with Crippen LogP contribution in [-0.4, -0.2) is 35.2 Å². The standard InChI is InChI=1S/C17H32N2O2/c1-17(2,3)21-16(20)19-11-10-14(18)12-15(19)13-8-6-4-5-7-9-13/h13-15H,4-12,18H2,1-3H3. The highest BCUT2D eigenvalue weighted by Gasteiger charge is 2.37. The highest BCUT2D eigenvalue weighted by molar-refractivity contribution is 5.68. The molecule has 0 bridgehead atoms. The second-order valence-electron chi connectivity index (χ2n) is 7.78. The topological polar surface area (TPSA) is 55.6 Å². The van der Waals surface area contributed by atoms with E-state index in [1.165, 1.54) is 38.5 Å². The molecule has 1 aliphatic carbocycles. The van der Waals surface area contributed by atoms with Crippen molar-refractivity contribution in [2.75, 3.05) is 6.54 Å². The molecule has 2 atom stereocenters. The van der Waals surface area contributed by atoms with Gasteiger partial charge in [0.05, 0.1) is 0 Å². The normalized spacial score (nSPS) is 29.0. The lowest BCUT2D eigenvalue weighted by Crippen LogP contribution is -2.53. The number of rotatable bonds is 1. The van der Waals surface area contributed by atoms with Crippen molar-refractivity contribution in [3.8, 4) is 0 Å². The Morgan fingerprint density at radius 2 is 1.71 bits per heavy atom. The predicted molar refractivity (Wildman–Crippen MR) is 85.1 cm³/mol. The van der Waals surface area contributed by atoms with E-state index in [-0.39, 0.29) is 18.2 Å². The van der Waals surface area contributed by atoms with Crippen LogP contribution < -0.4 is 5.73 Å². The van der Waals surface area contributed by atoms with Crippen molar-refractivity contribution in [3.05, 3.63) is 0 Å². The highest BCUT2D eigenvalue weighted by atomic mass is 16.6. The average Bonchev–Trinajstić information content (AvgIpc) is 2.65. The fraction of sp³-hybridized carbons (Fsp3) is 0.941. The Balaban J connectivity index is 2.07. The van der Waals surface area contributed by atoms with Gasteiger partial charge in [0.2, 0.25) is 0 Å². The first kappa shape index (κ1) is 16.6. The van der Waals surface area contributed by atoms with Gasteiger partial charge in [0, 0.05) is 18.6 Å². The van der Waals surface area contributed by atoms with Crippen molar-refractivity contribution in [1.29, 1.82) is 0 Å². The molecule has 21 heavy (non-hydrogen) atoms. The third-order valence-electron chi connectivity index (χ3n) is 4.76. The number of nitrogens with two attached hydrogens (primary N) is 1. The lowest BCUT2D eigenvalue weighted by Gasteiger charge is -2.42. The van der Waals surface area contributed by atoms with Gasteiger partial charge in [0.15, 0.2) is 0 Å². The number of hydrogen-bond acceptors (Lipinski definition) is 3. The molecular formula is C17H32N2O2. The van der Waals surface area contributed by atoms with Crippen LogP contribution >= 0.6 is 0 Å². The van der Waals surface area contributed by atoms with Gasteiger partial charge in [0.25, 0.3) is 0 Å². The molecule has 2 rings (SSSR count). The molecule has 2 fully saturated rings. The maximum absolute atomic E-state index is 12.5. The van der Waals surface area contributed by atoms with E-state index < -0.39 is 5.60 Å². The number of ether oxygens (including phenoxy) is 1. The van der Waals surface area contributed by atoms with Crippen molar-refractivity contribution < 1.29 is 9.53 Å². The van der Waals surface area contributed by atoms with Crippen LogP contribution in [-0.2, 0) is 4.74 Å². The number of piperidine rings is 1. The molecule has 2 N–H and O–H groups in total. The fourth-order valence-electron chi connectivity index (χ4n) is 3.72. The van der Waals surface area contributed by atoms with Gasteiger partial charge in [-0.05, 0) is 52.4 Å². The molecule has 0 aromatic rings. The van der Waals surface area contributed by atoms with Gasteiger partial charge < -0.3 is 15.4 Å². The maximum atomic E-state index is 12.5. The molecular weight excluding hydrogens is 264 g/mol. The van der Waals surface area contributed by atoms with Gasteiger partial charge in [-0.1, -0.05) is 25.7 Å². The van der Waals surface area contributed by atoms with E-state index in [1.807, 2.05) is 25.7 Å². The van der Waals surface area contributed by atoms with E-state index in [4.69, 9.17) is 10.5 Å². The van der Waals surface area contributed by atoms with Gasteiger partial charge in [-0.3, -0.25) is 0 Å². The Kier molecular flexibility index (Phi) is 5.53. The lowest BCUT2D eigenvalue weighted by atomic mass is 9.84. The molecule has 122 valence electrons. The van der Waals surface area contributed by atoms with Crippen LogP contribution in [0.15, 0.2) is 0 Å². The molecule has 0 radical (unpaired) electrons. The van der Waals surface area contributed by atoms with E-state index in [0.717, 1.165) is 19.4 Å². The molecule has 1 saturated heterocycles. The van der Waals surface area contributed by atoms with Crippen molar-refractivity contribution in [3.63, 3.8) is 0 Å². The van der Waals surface area contributed by atoms with Crippen LogP contribution in [0.3, 0.4) is 0 Å². The molecule has 2 aliphatic rings. The average molecular weight is 296 g/mol. The molecule has 1 saturated carbocycles. The minimum atomic E-state index is -0.426. The van der Waals surface area contributed by atoms with E-state index in [2.05, 4.69) is 0 Å². The Morgan fingerprint density at radius 1 is 1.10 bits per heavy atom. The first-order valence-corrected chi connectivity index (χ1v) is 8.62. The largest absolute Gasteiger partial charge is 0.444 e. The number of carbonyl (C=O) groups excluding carboxylic acids is 1. The Hall–Kier alpha value is -0.770. The molecule has 4 nitrogen and oxygen atoms in total. The lowest BCUT2D eigenvalue weighted by molar-refractivity contribution is -0.00180. The SMILES string of the molecule is CC(C)(C)OC(=O)N1CCC(N)CC1C1CCCCCC1. The Labute approximate surface area is 129 Å². The summed E-state index contributed by atoms with van der Waals surface area (Å²) in [6.07, 6.45) is 9.39. The summed E-state index contributed by atoms with van der Waals surface area (Å²) in [5.74, 6) is 0.603. The van der Waals surface area contributed by atoms with Crippen molar-refractivity contribution in [2.24, 2.45) is 11.7 Å². The second kappa shape index (κ2) is 6.99. The first-order valence-electron chi connectivity index (χ1n) is 8.62. The molecule has 1 heterocycles. The van der Waals surface area contributed by atoms with Crippen LogP contribution in [0.2, 0.25) is 0 Å². The summed E-state index contributed by atoms with van der Waals surface area (Å²) in [5, 5.41) is 0. The van der Waals surface area contributed by atoms with Gasteiger partial charge in [-0.15, -0.1) is 0 Å². The minimum Gasteiger partial charge on any atom is -0.444 e. The summed E-state index contributed by atoms with van der Waals surface area (Å²) in [4.78, 5) is 14.5. The molecule has 2 unspecified atom stereocenters. The van der Waals surface area contributed by atoms with E-state index in [9.17, 15) is 4.79 Å². The summed E-state index contributed by atoms with van der Waals surface area (Å²) in [5.41, 5.74) is 5.76. The Bertz CT molecular complexity index is 343. The maximum Gasteiger partial charge on any atom is 0.410 e. The van der Waals surface area contributed by atoms with Gasteiger partial charge in [-0.2, -0.15) is 0 Å². The van der Waals surface area contributed by atoms with Gasteiger partial charge in [0.1, 0.15) is 5.60 Å². The zero-order chi connectivity index (χ0) is 15.5. The van der Waals surface area contributed by atoms with Crippen LogP contribution in [0.4, 0.5) is 4.79 Å². The quantitative estimate of drug-likeness (QED) is 0.751. The fourth-order valence-corrected chi connectivity index (χ4v) is 3.72. The summed E-state index contributed by atoms with van der Waals surface area (Å²) in [6, 6.07) is 0.513. The molecule has 0 aromatic carbocycles. The predicted octanol–water partition coefficient (Wildman–Crippen LogP) is 3.68. The summed E-state index contributed by atoms with van der Waals surface area (Å²) in [7, 11) is 0. The number of hydrogen-bond donors (Lipinski definition) is 1. The number of nitrogens with zero attached hydrogens (tertiary/aromatic N) is 1. The van der Waals surface area contributed by atoms with Crippen LogP contribution in [0.1, 0.15) is 72.1 Å². The van der Waals surface area contributed by atoms with Crippen LogP contribution in [0, 0.1) is 5.92 Å². The molecule has 0 aromatic heterocycles. The number of carbonyl (C=O) groups is 1. The summed E-state index contributed by atoms with van der Waals surface area (Å²) < 4.78 is 5.61. The van der Waals surface area contributed by atoms with Gasteiger partial charge in [-0.25, -0.2) is 4.79 Å². The molecule has 1 aliphatic heterocycles. The van der Waals surface area contributed by atoms with Crippen molar-refractivity contribution >= 4 is 6.09 Å². The van der Waals surface area contributed by atoms with Crippen molar-refractivity contribution in [2.45, 2.75) is 89.8 Å². The molecule has 0 spiro atoms. The smallest absolute Gasteiger partial charge is 0.410 e. The highest BCUT2D eigenvalue weighted by Crippen LogP contribution is 2.33. The second-order valence-corrected chi connectivity index (χ2v) is 7.78. The monoisotopic (exact) mass is 296 g/mol. The van der Waals surface area contributed by atoms with E-state index in [1.54, 1.807) is 0 Å². The van der Waals surface area contributed by atoms with Crippen molar-refractivity contribution in [1.82, 2.24) is 4.90 Å². The van der Waals surface area contributed by atoms with Crippen LogP contribution in [0.25, 0.3) is 0 Å². The number of likely N-dealkylation sites (tertiary alicyclic amines) is 1. The zero-order valence-corrected chi connectivity index (χ0v) is 13.9. The van der Waals surface area contributed by atoms with E-state index in [0.29, 0.717) is 5.92 Å². The summed E-state index contributed by atoms with van der Waals surface area (Å²) in [6.45, 7) is 6.54. The first-order chi connectivity index (χ1) is 9.87. The Morgan fingerprint density at radius 3 is 2.29 bits per heavy atom. The molecule has 4 heteroatoms. The summed E-state index contributed by atoms with van der Waals surface area (Å²) >= 11 is 0. The third-order valence-corrected chi connectivity index (χ3v) is 4.76. The zero-order valence-electron chi connectivity index (χ0n) is 13.9. The third kappa shape index (κ3) is 4.87. The number of amides is 1. The minimum absolute atomic E-state index is 0.149.